The monoisotopic (exact) mass is 486 g/mol. The Balaban J connectivity index is 2.16. The molecule has 0 aromatic carbocycles. The number of carbonyl (C=O) groups is 1. The van der Waals surface area contributed by atoms with Crippen LogP contribution in [0.4, 0.5) is 0 Å². The Kier molecular flexibility index (Phi) is 13.3. The van der Waals surface area contributed by atoms with Crippen molar-refractivity contribution < 1.29 is 19.4 Å². The van der Waals surface area contributed by atoms with Gasteiger partial charge in [0.1, 0.15) is 0 Å². The first kappa shape index (κ1) is 29.2. The number of allylic oxidation sites excluding steroid dienone is 7. The van der Waals surface area contributed by atoms with E-state index in [1.807, 2.05) is 20.0 Å². The highest BCUT2D eigenvalue weighted by molar-refractivity contribution is 5.87. The van der Waals surface area contributed by atoms with Crippen molar-refractivity contribution in [3.63, 3.8) is 0 Å². The molecule has 35 heavy (non-hydrogen) atoms. The van der Waals surface area contributed by atoms with Crippen molar-refractivity contribution in [3.8, 4) is 0 Å². The van der Waals surface area contributed by atoms with Gasteiger partial charge in [-0.1, -0.05) is 60.6 Å². The van der Waals surface area contributed by atoms with Gasteiger partial charge in [0.2, 0.25) is 5.91 Å². The molecule has 196 valence electrons. The maximum absolute atomic E-state index is 12.0. The summed E-state index contributed by atoms with van der Waals surface area (Å²) in [5.74, 6) is 0.0184. The third-order valence-corrected chi connectivity index (χ3v) is 6.61. The molecule has 2 aliphatic rings. The Labute approximate surface area is 212 Å². The summed E-state index contributed by atoms with van der Waals surface area (Å²) in [5, 5.41) is 16.6. The summed E-state index contributed by atoms with van der Waals surface area (Å²) >= 11 is 0. The fourth-order valence-electron chi connectivity index (χ4n) is 4.52. The quantitative estimate of drug-likeness (QED) is 0.503. The largest absolute Gasteiger partial charge is 0.391 e. The molecular weight excluding hydrogens is 440 g/mol. The third kappa shape index (κ3) is 11.1. The van der Waals surface area contributed by atoms with Gasteiger partial charge in [0.05, 0.1) is 24.4 Å². The predicted molar refractivity (Wildman–Crippen MR) is 143 cm³/mol. The summed E-state index contributed by atoms with van der Waals surface area (Å²) in [6.07, 6.45) is 19.9. The van der Waals surface area contributed by atoms with E-state index in [2.05, 4.69) is 61.8 Å². The Hall–Kier alpha value is -1.99. The summed E-state index contributed by atoms with van der Waals surface area (Å²) in [7, 11) is 1.84. The van der Waals surface area contributed by atoms with Crippen molar-refractivity contribution >= 4 is 5.91 Å². The Morgan fingerprint density at radius 1 is 1.14 bits per heavy atom. The first-order valence-corrected chi connectivity index (χ1v) is 13.1. The zero-order valence-corrected chi connectivity index (χ0v) is 22.2. The number of rotatable bonds is 3. The van der Waals surface area contributed by atoms with Crippen LogP contribution in [-0.2, 0) is 14.3 Å². The zero-order valence-electron chi connectivity index (χ0n) is 22.2. The van der Waals surface area contributed by atoms with Crippen LogP contribution in [0.15, 0.2) is 59.8 Å². The van der Waals surface area contributed by atoms with Gasteiger partial charge in [-0.2, -0.15) is 0 Å². The van der Waals surface area contributed by atoms with E-state index in [1.165, 1.54) is 11.1 Å². The Bertz CT molecular complexity index is 787. The molecule has 0 spiro atoms. The second-order valence-electron chi connectivity index (χ2n) is 9.86. The molecule has 4 unspecified atom stereocenters. The molecule has 6 heteroatoms. The number of nitrogens with one attached hydrogen (secondary N) is 2. The van der Waals surface area contributed by atoms with E-state index in [9.17, 15) is 9.90 Å². The van der Waals surface area contributed by atoms with Gasteiger partial charge in [-0.25, -0.2) is 0 Å². The lowest BCUT2D eigenvalue weighted by molar-refractivity contribution is -0.241. The first-order chi connectivity index (χ1) is 16.8. The van der Waals surface area contributed by atoms with Crippen molar-refractivity contribution in [3.05, 3.63) is 59.8 Å². The molecule has 0 radical (unpaired) electrons. The molecule has 1 amide bonds. The van der Waals surface area contributed by atoms with E-state index in [0.29, 0.717) is 13.0 Å². The average Bonchev–Trinajstić information content (AvgIpc) is 2.80. The van der Waals surface area contributed by atoms with Gasteiger partial charge < -0.3 is 25.2 Å². The van der Waals surface area contributed by atoms with Crippen LogP contribution in [0.1, 0.15) is 66.2 Å². The number of aliphatic hydroxyl groups is 1. The van der Waals surface area contributed by atoms with Gasteiger partial charge in [-0.15, -0.1) is 0 Å². The van der Waals surface area contributed by atoms with Crippen LogP contribution in [0.5, 0.6) is 0 Å². The van der Waals surface area contributed by atoms with Gasteiger partial charge in [-0.3, -0.25) is 4.79 Å². The highest BCUT2D eigenvalue weighted by Gasteiger charge is 2.36. The van der Waals surface area contributed by atoms with Gasteiger partial charge in [-0.05, 0) is 59.9 Å². The SMILES string of the molecule is CNC1C(O)CC(O[C@H]2CC=C(C)CC(C)=CC=CCCCCNC(=O)C=CC=C[C@@H]2C)OC1C. The number of aliphatic hydroxyl groups excluding tert-OH is 1. The van der Waals surface area contributed by atoms with Crippen molar-refractivity contribution in [2.75, 3.05) is 13.6 Å². The van der Waals surface area contributed by atoms with E-state index >= 15 is 0 Å². The Morgan fingerprint density at radius 2 is 1.94 bits per heavy atom. The minimum atomic E-state index is -0.522. The van der Waals surface area contributed by atoms with Gasteiger partial charge in [0.15, 0.2) is 6.29 Å². The second-order valence-corrected chi connectivity index (χ2v) is 9.86. The molecule has 3 N–H and O–H groups in total. The lowest BCUT2D eigenvalue weighted by Gasteiger charge is -2.39. The second kappa shape index (κ2) is 15.9. The highest BCUT2D eigenvalue weighted by Crippen LogP contribution is 2.26. The molecule has 0 aromatic rings. The van der Waals surface area contributed by atoms with E-state index in [4.69, 9.17) is 9.47 Å². The fraction of sp³-hybridized carbons (Fsp3) is 0.621. The molecule has 1 saturated heterocycles. The predicted octanol–water partition coefficient (Wildman–Crippen LogP) is 4.73. The number of amides is 1. The fourth-order valence-corrected chi connectivity index (χ4v) is 4.52. The van der Waals surface area contributed by atoms with E-state index < -0.39 is 12.4 Å². The molecule has 6 nitrogen and oxygen atoms in total. The van der Waals surface area contributed by atoms with Gasteiger partial charge >= 0.3 is 0 Å². The summed E-state index contributed by atoms with van der Waals surface area (Å²) in [4.78, 5) is 12.0. The van der Waals surface area contributed by atoms with Crippen LogP contribution in [-0.4, -0.2) is 55.2 Å². The Morgan fingerprint density at radius 3 is 2.69 bits per heavy atom. The van der Waals surface area contributed by atoms with Gasteiger partial charge in [0.25, 0.3) is 0 Å². The third-order valence-electron chi connectivity index (χ3n) is 6.61. The van der Waals surface area contributed by atoms with Crippen LogP contribution in [0.2, 0.25) is 0 Å². The van der Waals surface area contributed by atoms with E-state index in [1.54, 1.807) is 12.2 Å². The molecule has 0 saturated carbocycles. The lowest BCUT2D eigenvalue weighted by atomic mass is 9.97. The minimum Gasteiger partial charge on any atom is -0.391 e. The van der Waals surface area contributed by atoms with Crippen molar-refractivity contribution in [1.82, 2.24) is 10.6 Å². The molecule has 2 rings (SSSR count). The maximum Gasteiger partial charge on any atom is 0.243 e. The molecule has 1 fully saturated rings. The minimum absolute atomic E-state index is 0.0742. The van der Waals surface area contributed by atoms with Crippen LogP contribution >= 0.6 is 0 Å². The summed E-state index contributed by atoms with van der Waals surface area (Å²) in [6.45, 7) is 9.07. The molecule has 6 atom stereocenters. The molecular formula is C29H46N2O4. The van der Waals surface area contributed by atoms with Crippen LogP contribution in [0, 0.1) is 5.92 Å². The van der Waals surface area contributed by atoms with Gasteiger partial charge in [0, 0.05) is 25.0 Å². The van der Waals surface area contributed by atoms with Crippen LogP contribution < -0.4 is 10.6 Å². The molecule has 2 aliphatic heterocycles. The smallest absolute Gasteiger partial charge is 0.243 e. The van der Waals surface area contributed by atoms with Crippen molar-refractivity contribution in [2.45, 2.75) is 96.9 Å². The molecule has 0 bridgehead atoms. The average molecular weight is 487 g/mol. The molecule has 2 heterocycles. The number of hydrogen-bond donors (Lipinski definition) is 3. The van der Waals surface area contributed by atoms with E-state index in [0.717, 1.165) is 32.1 Å². The number of hydrogen-bond acceptors (Lipinski definition) is 5. The first-order valence-electron chi connectivity index (χ1n) is 13.1. The van der Waals surface area contributed by atoms with E-state index in [-0.39, 0.29) is 30.1 Å². The summed E-state index contributed by atoms with van der Waals surface area (Å²) in [6, 6.07) is -0.104. The number of carbonyl (C=O) groups excluding carboxylic acids is 1. The highest BCUT2D eigenvalue weighted by atomic mass is 16.7. The normalized spacial score (nSPS) is 32.5. The topological polar surface area (TPSA) is 79.8 Å². The van der Waals surface area contributed by atoms with Crippen LogP contribution in [0.25, 0.3) is 0 Å². The van der Waals surface area contributed by atoms with Crippen LogP contribution in [0.3, 0.4) is 0 Å². The summed E-state index contributed by atoms with van der Waals surface area (Å²) < 4.78 is 12.5. The maximum atomic E-state index is 12.0. The standard InChI is InChI=1S/C29H46N2O4/c1-21-13-9-7-6-8-12-18-31-27(33)15-11-10-14-23(3)26(17-16-22(2)19-21)35-28-20-25(32)29(30-5)24(4)34-28/h7,9-11,13-16,23-26,28-30,32H,6,8,12,17-20H2,1-5H3,(H,31,33)/t23-,24?,25?,26-,28?,29?/m0/s1. The molecule has 0 aromatic heterocycles. The zero-order chi connectivity index (χ0) is 25.6. The number of ether oxygens (including phenoxy) is 2. The van der Waals surface area contributed by atoms with Crippen molar-refractivity contribution in [1.29, 1.82) is 0 Å². The summed E-state index contributed by atoms with van der Waals surface area (Å²) in [5.41, 5.74) is 2.62. The lowest BCUT2D eigenvalue weighted by Crippen LogP contribution is -2.54. The van der Waals surface area contributed by atoms with Crippen molar-refractivity contribution in [2.24, 2.45) is 5.92 Å². The number of likely N-dealkylation sites (N-methyl/N-ethyl adjacent to an activating group) is 1. The molecule has 0 aliphatic carbocycles.